The van der Waals surface area contributed by atoms with Gasteiger partial charge in [0.1, 0.15) is 5.01 Å². The summed E-state index contributed by atoms with van der Waals surface area (Å²) in [5.74, 6) is 0. The van der Waals surface area contributed by atoms with E-state index in [1.165, 1.54) is 16.0 Å². The van der Waals surface area contributed by atoms with E-state index in [0.29, 0.717) is 0 Å². The van der Waals surface area contributed by atoms with Crippen molar-refractivity contribution in [3.63, 3.8) is 0 Å². The number of nitrogens with zero attached hydrogens (tertiary/aromatic N) is 1. The van der Waals surface area contributed by atoms with Crippen molar-refractivity contribution < 1.29 is 0 Å². The van der Waals surface area contributed by atoms with Gasteiger partial charge in [-0.1, -0.05) is 65.8 Å². The van der Waals surface area contributed by atoms with Gasteiger partial charge in [-0.2, -0.15) is 0 Å². The molecule has 0 amide bonds. The summed E-state index contributed by atoms with van der Waals surface area (Å²) in [6.07, 6.45) is 2.01. The Labute approximate surface area is 120 Å². The van der Waals surface area contributed by atoms with Crippen molar-refractivity contribution in [1.82, 2.24) is 4.98 Å². The van der Waals surface area contributed by atoms with Gasteiger partial charge in [0.05, 0.1) is 0 Å². The fourth-order valence-electron chi connectivity index (χ4n) is 1.87. The molecule has 2 rings (SSSR count). The summed E-state index contributed by atoms with van der Waals surface area (Å²) in [5.41, 5.74) is 2.97. The van der Waals surface area contributed by atoms with Crippen LogP contribution in [-0.2, 0) is 10.8 Å². The van der Waals surface area contributed by atoms with Gasteiger partial charge in [-0.25, -0.2) is 4.98 Å². The number of aromatic nitrogens is 1. The van der Waals surface area contributed by atoms with Crippen molar-refractivity contribution in [2.75, 3.05) is 0 Å². The Morgan fingerprint density at radius 2 is 1.42 bits per heavy atom. The summed E-state index contributed by atoms with van der Waals surface area (Å²) in [7, 11) is 0. The maximum atomic E-state index is 4.56. The zero-order chi connectivity index (χ0) is 14.3. The molecule has 0 atom stereocenters. The molecule has 0 fully saturated rings. The third-order valence-corrected chi connectivity index (χ3v) is 4.71. The molecule has 0 unspecified atom stereocenters. The SMILES string of the molecule is CC(C)(C)c1ccc(-c2ncc(C(C)(C)C)s2)cc1. The van der Waals surface area contributed by atoms with Crippen LogP contribution < -0.4 is 0 Å². The zero-order valence-corrected chi connectivity index (χ0v) is 13.6. The molecule has 0 aliphatic rings. The molecule has 0 saturated carbocycles. The first-order valence-corrected chi connectivity index (χ1v) is 7.57. The van der Waals surface area contributed by atoms with Crippen LogP contribution in [0.5, 0.6) is 0 Å². The maximum absolute atomic E-state index is 4.56. The van der Waals surface area contributed by atoms with Crippen LogP contribution in [0.15, 0.2) is 30.5 Å². The van der Waals surface area contributed by atoms with Crippen LogP contribution in [-0.4, -0.2) is 4.98 Å². The summed E-state index contributed by atoms with van der Waals surface area (Å²) < 4.78 is 0. The largest absolute Gasteiger partial charge is 0.244 e. The van der Waals surface area contributed by atoms with Crippen LogP contribution in [0, 0.1) is 0 Å². The van der Waals surface area contributed by atoms with Gasteiger partial charge in [-0.05, 0) is 16.4 Å². The highest BCUT2D eigenvalue weighted by Crippen LogP contribution is 2.33. The topological polar surface area (TPSA) is 12.9 Å². The molecule has 0 N–H and O–H groups in total. The molecule has 0 spiro atoms. The average molecular weight is 273 g/mol. The molecule has 1 nitrogen and oxygen atoms in total. The van der Waals surface area contributed by atoms with Crippen molar-refractivity contribution in [3.8, 4) is 10.6 Å². The predicted octanol–water partition coefficient (Wildman–Crippen LogP) is 5.41. The van der Waals surface area contributed by atoms with Gasteiger partial charge in [-0.15, -0.1) is 11.3 Å². The summed E-state index contributed by atoms with van der Waals surface area (Å²) in [6, 6.07) is 8.80. The second-order valence-electron chi connectivity index (χ2n) is 7.11. The smallest absolute Gasteiger partial charge is 0.123 e. The second-order valence-corrected chi connectivity index (χ2v) is 8.14. The summed E-state index contributed by atoms with van der Waals surface area (Å²) in [5, 5.41) is 1.12. The first-order chi connectivity index (χ1) is 8.68. The number of hydrogen-bond acceptors (Lipinski definition) is 2. The number of benzene rings is 1. The van der Waals surface area contributed by atoms with E-state index in [1.807, 2.05) is 6.20 Å². The molecule has 0 aliphatic carbocycles. The second kappa shape index (κ2) is 4.75. The Hall–Kier alpha value is -1.15. The molecule has 102 valence electrons. The Bertz CT molecular complexity index is 550. The predicted molar refractivity (Wildman–Crippen MR) is 85.0 cm³/mol. The third kappa shape index (κ3) is 3.24. The first kappa shape index (κ1) is 14.3. The monoisotopic (exact) mass is 273 g/mol. The van der Waals surface area contributed by atoms with E-state index < -0.39 is 0 Å². The molecule has 19 heavy (non-hydrogen) atoms. The van der Waals surface area contributed by atoms with Crippen LogP contribution in [0.4, 0.5) is 0 Å². The number of rotatable bonds is 1. The van der Waals surface area contributed by atoms with Gasteiger partial charge < -0.3 is 0 Å². The maximum Gasteiger partial charge on any atom is 0.123 e. The molecule has 2 aromatic rings. The normalized spacial score (nSPS) is 12.7. The molecule has 0 bridgehead atoms. The highest BCUT2D eigenvalue weighted by atomic mass is 32.1. The summed E-state index contributed by atoms with van der Waals surface area (Å²) in [6.45, 7) is 13.4. The molecule has 1 aromatic heterocycles. The van der Waals surface area contributed by atoms with Crippen molar-refractivity contribution in [2.45, 2.75) is 52.4 Å². The third-order valence-electron chi connectivity index (χ3n) is 3.24. The van der Waals surface area contributed by atoms with Crippen molar-refractivity contribution >= 4 is 11.3 Å². The van der Waals surface area contributed by atoms with Crippen LogP contribution in [0.1, 0.15) is 52.0 Å². The average Bonchev–Trinajstić information content (AvgIpc) is 2.77. The minimum atomic E-state index is 0.182. The fraction of sp³-hybridized carbons (Fsp3) is 0.471. The van der Waals surface area contributed by atoms with Crippen molar-refractivity contribution in [3.05, 3.63) is 40.9 Å². The Kier molecular flexibility index (Phi) is 3.57. The van der Waals surface area contributed by atoms with Gasteiger partial charge in [-0.3, -0.25) is 0 Å². The lowest BCUT2D eigenvalue weighted by Gasteiger charge is -2.18. The number of thiazole rings is 1. The lowest BCUT2D eigenvalue weighted by molar-refractivity contribution is 0.590. The van der Waals surface area contributed by atoms with E-state index in [9.17, 15) is 0 Å². The summed E-state index contributed by atoms with van der Waals surface area (Å²) in [4.78, 5) is 5.90. The van der Waals surface area contributed by atoms with Crippen molar-refractivity contribution in [2.24, 2.45) is 0 Å². The first-order valence-electron chi connectivity index (χ1n) is 6.75. The molecule has 0 saturated heterocycles. The van der Waals surface area contributed by atoms with E-state index in [1.54, 1.807) is 11.3 Å². The lowest BCUT2D eigenvalue weighted by atomic mass is 9.87. The standard InChI is InChI=1S/C17H23NS/c1-16(2,3)13-9-7-12(8-10-13)15-18-11-14(19-15)17(4,5)6/h7-11H,1-6H3. The van der Waals surface area contributed by atoms with Crippen LogP contribution >= 0.6 is 11.3 Å². The van der Waals surface area contributed by atoms with Gasteiger partial charge >= 0.3 is 0 Å². The lowest BCUT2D eigenvalue weighted by Crippen LogP contribution is -2.10. The van der Waals surface area contributed by atoms with Gasteiger partial charge in [0.25, 0.3) is 0 Å². The van der Waals surface area contributed by atoms with E-state index in [4.69, 9.17) is 0 Å². The van der Waals surface area contributed by atoms with Crippen LogP contribution in [0.25, 0.3) is 10.6 Å². The minimum absolute atomic E-state index is 0.182. The molecule has 0 aliphatic heterocycles. The Morgan fingerprint density at radius 3 is 1.84 bits per heavy atom. The number of hydrogen-bond donors (Lipinski definition) is 0. The fourth-order valence-corrected chi connectivity index (χ4v) is 2.85. The van der Waals surface area contributed by atoms with E-state index in [2.05, 4.69) is 70.8 Å². The molecule has 1 aromatic carbocycles. The van der Waals surface area contributed by atoms with Crippen LogP contribution in [0.2, 0.25) is 0 Å². The zero-order valence-electron chi connectivity index (χ0n) is 12.7. The molecular formula is C17H23NS. The Morgan fingerprint density at radius 1 is 0.842 bits per heavy atom. The summed E-state index contributed by atoms with van der Waals surface area (Å²) >= 11 is 1.80. The quantitative estimate of drug-likeness (QED) is 0.677. The molecule has 0 radical (unpaired) electrons. The minimum Gasteiger partial charge on any atom is -0.244 e. The van der Waals surface area contributed by atoms with Gasteiger partial charge in [0, 0.05) is 16.6 Å². The molecule has 2 heteroatoms. The van der Waals surface area contributed by atoms with Crippen molar-refractivity contribution in [1.29, 1.82) is 0 Å². The van der Waals surface area contributed by atoms with E-state index in [0.717, 1.165) is 5.01 Å². The molecule has 1 heterocycles. The highest BCUT2D eigenvalue weighted by molar-refractivity contribution is 7.15. The van der Waals surface area contributed by atoms with Gasteiger partial charge in [0.15, 0.2) is 0 Å². The highest BCUT2D eigenvalue weighted by Gasteiger charge is 2.18. The van der Waals surface area contributed by atoms with E-state index >= 15 is 0 Å². The van der Waals surface area contributed by atoms with Crippen LogP contribution in [0.3, 0.4) is 0 Å². The Balaban J connectivity index is 2.31. The van der Waals surface area contributed by atoms with Gasteiger partial charge in [0.2, 0.25) is 0 Å². The van der Waals surface area contributed by atoms with E-state index in [-0.39, 0.29) is 10.8 Å². The molecular weight excluding hydrogens is 250 g/mol.